The third kappa shape index (κ3) is 2.23. The molecule has 4 nitrogen and oxygen atoms in total. The fraction of sp³-hybridized carbons (Fsp3) is 0.429. The Morgan fingerprint density at radius 2 is 1.44 bits per heavy atom. The van der Waals surface area contributed by atoms with Crippen molar-refractivity contribution in [3.8, 4) is 0 Å². The van der Waals surface area contributed by atoms with E-state index in [-0.39, 0.29) is 0 Å². The summed E-state index contributed by atoms with van der Waals surface area (Å²) in [5, 5.41) is 0. The molecular formula is C14H16O4. The second-order valence-corrected chi connectivity index (χ2v) is 5.20. The topological polar surface area (TPSA) is 52.6 Å². The van der Waals surface area contributed by atoms with Gasteiger partial charge in [-0.05, 0) is 19.4 Å². The van der Waals surface area contributed by atoms with Crippen molar-refractivity contribution in [2.24, 2.45) is 5.41 Å². The molecule has 1 aromatic rings. The molecule has 1 saturated heterocycles. The second-order valence-electron chi connectivity index (χ2n) is 5.20. The van der Waals surface area contributed by atoms with Crippen LogP contribution in [0.25, 0.3) is 0 Å². The summed E-state index contributed by atoms with van der Waals surface area (Å²) >= 11 is 0. The minimum absolute atomic E-state index is 0.349. The molecule has 1 heterocycles. The number of esters is 2. The summed E-state index contributed by atoms with van der Waals surface area (Å²) in [6.07, 6.45) is 0.349. The van der Waals surface area contributed by atoms with Crippen LogP contribution in [0.3, 0.4) is 0 Å². The van der Waals surface area contributed by atoms with Crippen LogP contribution in [0.15, 0.2) is 30.3 Å². The van der Waals surface area contributed by atoms with Crippen molar-refractivity contribution >= 4 is 11.9 Å². The van der Waals surface area contributed by atoms with Gasteiger partial charge in [0, 0.05) is 13.3 Å². The minimum Gasteiger partial charge on any atom is -0.422 e. The number of carbonyl (C=O) groups excluding carboxylic acids is 2. The van der Waals surface area contributed by atoms with Crippen LogP contribution in [0, 0.1) is 5.41 Å². The molecule has 0 aromatic heterocycles. The zero-order valence-corrected chi connectivity index (χ0v) is 10.7. The largest absolute Gasteiger partial charge is 0.422 e. The van der Waals surface area contributed by atoms with E-state index < -0.39 is 23.1 Å². The third-order valence-corrected chi connectivity index (χ3v) is 3.01. The Kier molecular flexibility index (Phi) is 2.89. The van der Waals surface area contributed by atoms with Crippen molar-refractivity contribution in [3.63, 3.8) is 0 Å². The first-order valence-corrected chi connectivity index (χ1v) is 5.84. The average Bonchev–Trinajstić information content (AvgIpc) is 2.27. The Balaban J connectivity index is 2.19. The van der Waals surface area contributed by atoms with Gasteiger partial charge in [-0.3, -0.25) is 9.59 Å². The molecule has 2 rings (SSSR count). The van der Waals surface area contributed by atoms with Crippen molar-refractivity contribution in [1.29, 1.82) is 0 Å². The summed E-state index contributed by atoms with van der Waals surface area (Å²) in [6, 6.07) is 9.46. The van der Waals surface area contributed by atoms with E-state index in [4.69, 9.17) is 9.47 Å². The van der Waals surface area contributed by atoms with Crippen LogP contribution in [0.1, 0.15) is 26.3 Å². The molecule has 1 aromatic carbocycles. The van der Waals surface area contributed by atoms with Gasteiger partial charge in [0.1, 0.15) is 0 Å². The molecule has 0 bridgehead atoms. The standard InChI is InChI=1S/C14H16O4/c1-13(2)11(15)17-14(3,18-12(13)16)9-10-7-5-4-6-8-10/h4-8H,9H2,1-3H3. The van der Waals surface area contributed by atoms with Crippen molar-refractivity contribution in [3.05, 3.63) is 35.9 Å². The maximum atomic E-state index is 11.8. The van der Waals surface area contributed by atoms with Crippen molar-refractivity contribution in [2.45, 2.75) is 33.0 Å². The zero-order chi connectivity index (χ0) is 13.4. The SMILES string of the molecule is CC1(Cc2ccccc2)OC(=O)C(C)(C)C(=O)O1. The first-order valence-electron chi connectivity index (χ1n) is 5.84. The summed E-state index contributed by atoms with van der Waals surface area (Å²) in [5.74, 6) is -2.31. The highest BCUT2D eigenvalue weighted by atomic mass is 16.7. The van der Waals surface area contributed by atoms with Gasteiger partial charge >= 0.3 is 11.9 Å². The van der Waals surface area contributed by atoms with E-state index in [0.717, 1.165) is 5.56 Å². The van der Waals surface area contributed by atoms with Crippen molar-refractivity contribution in [2.75, 3.05) is 0 Å². The smallest absolute Gasteiger partial charge is 0.326 e. The average molecular weight is 248 g/mol. The predicted molar refractivity (Wildman–Crippen MR) is 64.5 cm³/mol. The third-order valence-electron chi connectivity index (χ3n) is 3.01. The van der Waals surface area contributed by atoms with Crippen LogP contribution in [-0.4, -0.2) is 17.7 Å². The van der Waals surface area contributed by atoms with Gasteiger partial charge in [-0.15, -0.1) is 0 Å². The lowest BCUT2D eigenvalue weighted by atomic mass is 9.92. The molecule has 4 heteroatoms. The van der Waals surface area contributed by atoms with E-state index in [2.05, 4.69) is 0 Å². The number of ether oxygens (including phenoxy) is 2. The molecule has 0 radical (unpaired) electrons. The molecule has 0 spiro atoms. The monoisotopic (exact) mass is 248 g/mol. The Bertz CT molecular complexity index is 456. The molecule has 0 aliphatic carbocycles. The highest BCUT2D eigenvalue weighted by Crippen LogP contribution is 2.33. The van der Waals surface area contributed by atoms with E-state index in [0.29, 0.717) is 6.42 Å². The lowest BCUT2D eigenvalue weighted by Crippen LogP contribution is -2.53. The van der Waals surface area contributed by atoms with Crippen LogP contribution in [0.2, 0.25) is 0 Å². The van der Waals surface area contributed by atoms with Gasteiger partial charge in [0.2, 0.25) is 0 Å². The lowest BCUT2D eigenvalue weighted by Gasteiger charge is -2.38. The second kappa shape index (κ2) is 4.12. The Labute approximate surface area is 106 Å². The Morgan fingerprint density at radius 1 is 0.944 bits per heavy atom. The maximum absolute atomic E-state index is 11.8. The molecular weight excluding hydrogens is 232 g/mol. The number of hydrogen-bond donors (Lipinski definition) is 0. The number of rotatable bonds is 2. The van der Waals surface area contributed by atoms with Gasteiger partial charge in [0.05, 0.1) is 0 Å². The molecule has 1 aliphatic heterocycles. The van der Waals surface area contributed by atoms with Crippen molar-refractivity contribution < 1.29 is 19.1 Å². The highest BCUT2D eigenvalue weighted by molar-refractivity contribution is 6.00. The van der Waals surface area contributed by atoms with E-state index in [1.807, 2.05) is 30.3 Å². The quantitative estimate of drug-likeness (QED) is 0.594. The number of hydrogen-bond acceptors (Lipinski definition) is 4. The summed E-state index contributed by atoms with van der Waals surface area (Å²) in [7, 11) is 0. The van der Waals surface area contributed by atoms with Crippen LogP contribution >= 0.6 is 0 Å². The zero-order valence-electron chi connectivity index (χ0n) is 10.7. The molecule has 1 fully saturated rings. The summed E-state index contributed by atoms with van der Waals surface area (Å²) in [6.45, 7) is 4.60. The number of cyclic esters (lactones) is 2. The van der Waals surface area contributed by atoms with E-state index in [1.54, 1.807) is 6.92 Å². The molecule has 0 atom stereocenters. The van der Waals surface area contributed by atoms with Gasteiger partial charge in [-0.2, -0.15) is 0 Å². The molecule has 1 aliphatic rings. The molecule has 96 valence electrons. The predicted octanol–water partition coefficient (Wildman–Crippen LogP) is 2.07. The summed E-state index contributed by atoms with van der Waals surface area (Å²) in [4.78, 5) is 23.6. The maximum Gasteiger partial charge on any atom is 0.326 e. The van der Waals surface area contributed by atoms with E-state index >= 15 is 0 Å². The molecule has 18 heavy (non-hydrogen) atoms. The van der Waals surface area contributed by atoms with Crippen LogP contribution in [-0.2, 0) is 25.5 Å². The van der Waals surface area contributed by atoms with E-state index in [1.165, 1.54) is 13.8 Å². The molecule has 0 unspecified atom stereocenters. The Hall–Kier alpha value is -1.84. The minimum atomic E-state index is -1.23. The first-order chi connectivity index (χ1) is 8.33. The summed E-state index contributed by atoms with van der Waals surface area (Å²) in [5.41, 5.74) is -0.281. The van der Waals surface area contributed by atoms with Crippen LogP contribution in [0.5, 0.6) is 0 Å². The number of benzene rings is 1. The first kappa shape index (κ1) is 12.6. The van der Waals surface area contributed by atoms with Crippen LogP contribution < -0.4 is 0 Å². The van der Waals surface area contributed by atoms with Crippen molar-refractivity contribution in [1.82, 2.24) is 0 Å². The molecule has 0 N–H and O–H groups in total. The lowest BCUT2D eigenvalue weighted by molar-refractivity contribution is -0.253. The fourth-order valence-corrected chi connectivity index (χ4v) is 1.79. The molecule has 0 amide bonds. The van der Waals surface area contributed by atoms with Gasteiger partial charge < -0.3 is 9.47 Å². The van der Waals surface area contributed by atoms with Gasteiger partial charge in [-0.1, -0.05) is 30.3 Å². The van der Waals surface area contributed by atoms with E-state index in [9.17, 15) is 9.59 Å². The molecule has 0 saturated carbocycles. The highest BCUT2D eigenvalue weighted by Gasteiger charge is 2.51. The van der Waals surface area contributed by atoms with Gasteiger partial charge in [-0.25, -0.2) is 0 Å². The van der Waals surface area contributed by atoms with Crippen LogP contribution in [0.4, 0.5) is 0 Å². The summed E-state index contributed by atoms with van der Waals surface area (Å²) < 4.78 is 10.6. The fourth-order valence-electron chi connectivity index (χ4n) is 1.79. The number of carbonyl (C=O) groups is 2. The van der Waals surface area contributed by atoms with Gasteiger partial charge in [0.15, 0.2) is 5.41 Å². The normalized spacial score (nSPS) is 21.1. The Morgan fingerprint density at radius 3 is 1.94 bits per heavy atom. The van der Waals surface area contributed by atoms with Gasteiger partial charge in [0.25, 0.3) is 5.79 Å².